The van der Waals surface area contributed by atoms with Gasteiger partial charge in [-0.2, -0.15) is 33.5 Å². The molecule has 4 atom stereocenters. The second-order valence-electron chi connectivity index (χ2n) is 17.6. The zero-order valence-corrected chi connectivity index (χ0v) is 55.3. The third-order valence-corrected chi connectivity index (χ3v) is 12.1. The van der Waals surface area contributed by atoms with E-state index in [2.05, 4.69) is 41.0 Å². The maximum Gasteiger partial charge on any atom is 0.505 e. The number of amides is 1. The Morgan fingerprint density at radius 2 is 1.40 bits per heavy atom. The summed E-state index contributed by atoms with van der Waals surface area (Å²) in [5, 5.41) is 18.5. The van der Waals surface area contributed by atoms with Crippen molar-refractivity contribution in [1.82, 2.24) is 10.7 Å². The minimum absolute atomic E-state index is 0. The molecule has 0 aromatic heterocycles. The fourth-order valence-corrected chi connectivity index (χ4v) is 7.13. The van der Waals surface area contributed by atoms with Crippen LogP contribution in [-0.2, 0) is 94.1 Å². The van der Waals surface area contributed by atoms with Gasteiger partial charge in [-0.3, -0.25) is 19.6 Å². The first-order chi connectivity index (χ1) is 40.9. The molecule has 32 heteroatoms. The van der Waals surface area contributed by atoms with Gasteiger partial charge >= 0.3 is 21.6 Å². The normalized spacial score (nSPS) is 14.7. The number of hydrogen-bond donors (Lipinski definition) is 6. The molecule has 25 nitrogen and oxygen atoms in total. The molecule has 7 N–H and O–H groups in total. The number of ether oxygens (including phenoxy) is 10. The van der Waals surface area contributed by atoms with E-state index in [-0.39, 0.29) is 82.8 Å². The van der Waals surface area contributed by atoms with Crippen LogP contribution >= 0.6 is 27.4 Å². The molecule has 1 radical (unpaired) electrons. The van der Waals surface area contributed by atoms with Gasteiger partial charge in [-0.1, -0.05) is 48.9 Å². The molecule has 489 valence electrons. The molecule has 1 fully saturated rings. The fraction of sp³-hybridized carbons (Fsp3) is 0.648. The van der Waals surface area contributed by atoms with E-state index in [9.17, 15) is 31.9 Å². The van der Waals surface area contributed by atoms with E-state index in [1.54, 1.807) is 27.2 Å². The summed E-state index contributed by atoms with van der Waals surface area (Å²) in [6.45, 7) is 13.5. The van der Waals surface area contributed by atoms with Crippen LogP contribution in [0.4, 0.5) is 13.2 Å². The number of nitrogens with two attached hydrogens (primary N) is 1. The number of halogens is 4. The Hall–Kier alpha value is -3.32. The summed E-state index contributed by atoms with van der Waals surface area (Å²) < 4.78 is 113. The summed E-state index contributed by atoms with van der Waals surface area (Å²) in [6.07, 6.45) is 8.28. The quantitative estimate of drug-likeness (QED) is 0.00691. The Kier molecular flexibility index (Phi) is 57.2. The van der Waals surface area contributed by atoms with Crippen molar-refractivity contribution in [3.05, 3.63) is 99.2 Å². The van der Waals surface area contributed by atoms with E-state index in [4.69, 9.17) is 74.8 Å². The van der Waals surface area contributed by atoms with Crippen LogP contribution in [-0.4, -0.2) is 190 Å². The van der Waals surface area contributed by atoms with Gasteiger partial charge in [0.2, 0.25) is 11.7 Å². The molecule has 2 aromatic rings. The molecule has 1 saturated heterocycles. The molecular formula is C54H89ClF3N8O17P2Y-. The standard InChI is InChI=1S/C23H38N4O5.C18H25F3O6.C11H20ClN4O4P.C2H5O2P.Y/c1-3-21(27-25-2)19-32-18-17-31-16-15-30-14-13-29-12-11-26-23(28)10-9-22(24)20-7-5-4-6-8-20;1-2-4-23-6-8-25-10-11-26-9-7-24-5-3-17(22)27-18-15(20)12-14(19)13-16(18)21;1-13-6-9(7-14-12)8-15-16-11-3-2-10(20-11)4-5-21(17,18)19;1-2-5(3)4;/h3-8,22H,9-19,24H2,1-2H3,(H,26,28);12-13H,2-11H2,1H3;7-8,10-11,16H,2-6H2,1H3,(H2,17,18,19);2H2,1H3;/q;;-2;;/p+1/b21-3-,27-25?;;9-7+,15-8-;;. The Balaban J connectivity index is 0. The number of esters is 1. The topological polar surface area (TPSA) is 337 Å². The molecule has 0 saturated carbocycles. The molecule has 3 rings (SSSR count). The Morgan fingerprint density at radius 1 is 0.860 bits per heavy atom. The second-order valence-corrected chi connectivity index (χ2v) is 20.9. The zero-order valence-electron chi connectivity index (χ0n) is 50.0. The number of carbonyl (C=O) groups is 2. The van der Waals surface area contributed by atoms with E-state index in [1.165, 1.54) is 6.20 Å². The molecule has 0 bridgehead atoms. The van der Waals surface area contributed by atoms with Gasteiger partial charge in [0.25, 0.3) is 0 Å². The van der Waals surface area contributed by atoms with E-state index < -0.39 is 44.8 Å². The van der Waals surface area contributed by atoms with Crippen molar-refractivity contribution in [3.8, 4) is 5.75 Å². The maximum absolute atomic E-state index is 13.3. The number of hydrazone groups is 1. The van der Waals surface area contributed by atoms with E-state index in [1.807, 2.05) is 50.3 Å². The average Bonchev–Trinajstić information content (AvgIpc) is 3.97. The number of azo groups is 1. The summed E-state index contributed by atoms with van der Waals surface area (Å²) in [7, 11) is -2.50. The third-order valence-electron chi connectivity index (χ3n) is 10.6. The Labute approximate surface area is 535 Å². The van der Waals surface area contributed by atoms with Crippen LogP contribution in [0.3, 0.4) is 0 Å². The summed E-state index contributed by atoms with van der Waals surface area (Å²) >= 11 is 5.27. The third kappa shape index (κ3) is 51.6. The van der Waals surface area contributed by atoms with Crippen molar-refractivity contribution in [2.45, 2.75) is 84.1 Å². The van der Waals surface area contributed by atoms with Gasteiger partial charge in [-0.25, -0.2) is 24.9 Å². The average molecular weight is 1370 g/mol. The van der Waals surface area contributed by atoms with Crippen molar-refractivity contribution >= 4 is 45.5 Å². The van der Waals surface area contributed by atoms with Gasteiger partial charge in [0.1, 0.15) is 12.0 Å². The number of allylic oxidation sites excluding steroid dienone is 1. The summed E-state index contributed by atoms with van der Waals surface area (Å²) in [4.78, 5) is 52.3. The molecule has 1 aliphatic rings. The monoisotopic (exact) mass is 1360 g/mol. The molecule has 0 aliphatic carbocycles. The SMILES string of the molecule is C/C=C(/COCCOCCOCCOCCNC(=O)CCC(N)c1ccccc1)N=NC.CCCOCCOCCOCCOCCC(=O)Oc1c(F)cc(F)cc1F.CC[P+](=O)O.C[N-]CC(/C=N\NC1CCC(CCP(=O)(O)O)O1)=C\[N-]Cl.[Y]. The minimum Gasteiger partial charge on any atom is -0.661 e. The molecule has 4 unspecified atom stereocenters. The fourth-order valence-electron chi connectivity index (χ4n) is 6.38. The van der Waals surface area contributed by atoms with Crippen molar-refractivity contribution < 1.29 is 127 Å². The molecule has 1 heterocycles. The first-order valence-corrected chi connectivity index (χ1v) is 31.1. The number of nitrogens with zero attached hydrogens (tertiary/aromatic N) is 5. The summed E-state index contributed by atoms with van der Waals surface area (Å²) in [5.74, 6) is -5.50. The first kappa shape index (κ1) is 84.7. The van der Waals surface area contributed by atoms with Crippen LogP contribution in [0.1, 0.15) is 77.3 Å². The smallest absolute Gasteiger partial charge is 0.505 e. The maximum atomic E-state index is 13.3. The number of likely N-dealkylation sites (N-methyl/N-ethyl adjacent to an activating group) is 1. The van der Waals surface area contributed by atoms with Gasteiger partial charge < -0.3 is 78.4 Å². The summed E-state index contributed by atoms with van der Waals surface area (Å²) in [6, 6.07) is 10.5. The molecule has 86 heavy (non-hydrogen) atoms. The van der Waals surface area contributed by atoms with Crippen LogP contribution in [0.2, 0.25) is 0 Å². The number of benzene rings is 2. The molecule has 2 aromatic carbocycles. The molecular weight excluding hydrogens is 1280 g/mol. The van der Waals surface area contributed by atoms with E-state index >= 15 is 0 Å². The molecule has 1 aliphatic heterocycles. The van der Waals surface area contributed by atoms with Gasteiger partial charge in [0.15, 0.2) is 17.8 Å². The second kappa shape index (κ2) is 58.1. The van der Waals surface area contributed by atoms with Crippen molar-refractivity contribution in [2.24, 2.45) is 21.1 Å². The predicted molar refractivity (Wildman–Crippen MR) is 316 cm³/mol. The van der Waals surface area contributed by atoms with E-state index in [0.717, 1.165) is 42.7 Å². The van der Waals surface area contributed by atoms with Crippen LogP contribution in [0.5, 0.6) is 5.75 Å². The first-order valence-electron chi connectivity index (χ1n) is 27.6. The van der Waals surface area contributed by atoms with Crippen molar-refractivity contribution in [1.29, 1.82) is 0 Å². The molecule has 1 amide bonds. The largest absolute Gasteiger partial charge is 0.661 e. The van der Waals surface area contributed by atoms with Crippen LogP contribution in [0, 0.1) is 17.5 Å². The van der Waals surface area contributed by atoms with Gasteiger partial charge in [0, 0.05) is 83.7 Å². The van der Waals surface area contributed by atoms with Crippen LogP contribution in [0.25, 0.3) is 10.2 Å². The van der Waals surface area contributed by atoms with Crippen LogP contribution in [0.15, 0.2) is 81.3 Å². The Morgan fingerprint density at radius 3 is 1.90 bits per heavy atom. The van der Waals surface area contributed by atoms with Crippen LogP contribution < -0.4 is 21.2 Å². The number of rotatable bonds is 44. The van der Waals surface area contributed by atoms with Gasteiger partial charge in [-0.15, -0.1) is 6.54 Å². The minimum atomic E-state index is -3.96. The van der Waals surface area contributed by atoms with E-state index in [0.29, 0.717) is 137 Å². The predicted octanol–water partition coefficient (Wildman–Crippen LogP) is 8.30. The number of hydrogen-bond acceptors (Lipinski definition) is 19. The zero-order chi connectivity index (χ0) is 63.2. The van der Waals surface area contributed by atoms with Crippen molar-refractivity contribution in [3.63, 3.8) is 0 Å². The molecule has 0 spiro atoms. The summed E-state index contributed by atoms with van der Waals surface area (Å²) in [5.41, 5.74) is 11.5. The van der Waals surface area contributed by atoms with Crippen molar-refractivity contribution in [2.75, 3.05) is 145 Å². The van der Waals surface area contributed by atoms with Gasteiger partial charge in [0.05, 0.1) is 123 Å². The number of carbonyl (C=O) groups excluding carboxylic acids is 2. The number of nitrogens with one attached hydrogen (secondary N) is 2. The Bertz CT molecular complexity index is 2200. The van der Waals surface area contributed by atoms with Gasteiger partial charge in [-0.05, 0) is 56.1 Å².